The molecule has 1 aliphatic rings. The molecule has 96 valence electrons. The third kappa shape index (κ3) is 4.46. The largest absolute Gasteiger partial charge is 0.405 e. The minimum Gasteiger partial charge on any atom is -0.296 e. The first-order chi connectivity index (χ1) is 7.18. The summed E-state index contributed by atoms with van der Waals surface area (Å²) in [5.74, 6) is 0. The molecule has 0 aromatic heterocycles. The lowest BCUT2D eigenvalue weighted by Crippen LogP contribution is -2.38. The highest BCUT2D eigenvalue weighted by molar-refractivity contribution is 9.09. The Kier molecular flexibility index (Phi) is 4.64. The Balaban J connectivity index is 2.46. The Morgan fingerprint density at radius 1 is 1.56 bits per heavy atom. The van der Waals surface area contributed by atoms with Crippen LogP contribution in [0.5, 0.6) is 0 Å². The van der Waals surface area contributed by atoms with Gasteiger partial charge in [0.05, 0.1) is 13.2 Å². The maximum atomic E-state index is 12.1. The van der Waals surface area contributed by atoms with Gasteiger partial charge in [-0.1, -0.05) is 43.6 Å². The van der Waals surface area contributed by atoms with E-state index in [1.807, 2.05) is 13.8 Å². The summed E-state index contributed by atoms with van der Waals surface area (Å²) in [5, 5.41) is 3.68. The molecule has 1 aliphatic heterocycles. The van der Waals surface area contributed by atoms with E-state index in [2.05, 4.69) is 34.9 Å². The zero-order valence-electron chi connectivity index (χ0n) is 10.4. The highest BCUT2D eigenvalue weighted by atomic mass is 79.9. The van der Waals surface area contributed by atoms with E-state index in [0.29, 0.717) is 19.8 Å². The fourth-order valence-electron chi connectivity index (χ4n) is 1.05. The van der Waals surface area contributed by atoms with Crippen molar-refractivity contribution < 1.29 is 13.6 Å². The Morgan fingerprint density at radius 2 is 2.19 bits per heavy atom. The smallest absolute Gasteiger partial charge is 0.296 e. The van der Waals surface area contributed by atoms with E-state index < -0.39 is 7.75 Å². The Morgan fingerprint density at radius 3 is 2.62 bits per heavy atom. The quantitative estimate of drug-likeness (QED) is 0.639. The van der Waals surface area contributed by atoms with Gasteiger partial charge in [0.15, 0.2) is 0 Å². The van der Waals surface area contributed by atoms with Gasteiger partial charge < -0.3 is 0 Å². The first kappa shape index (κ1) is 14.7. The summed E-state index contributed by atoms with van der Waals surface area (Å²) in [5.41, 5.74) is -0.0301. The molecule has 0 amide bonds. The molecule has 4 nitrogen and oxygen atoms in total. The van der Waals surface area contributed by atoms with E-state index in [1.165, 1.54) is 0 Å². The van der Waals surface area contributed by atoms with E-state index >= 15 is 0 Å². The number of halogens is 1. The maximum Gasteiger partial charge on any atom is 0.405 e. The standard InChI is InChI=1S/C10H21BrNO3P/c1-9(2,5-11)7-14-16(13)12-6-10(3,4)8-15-16/h5-8H2,1-4H3,(H,12,13)/t16-/m0/s1. The first-order valence-corrected chi connectivity index (χ1v) is 8.05. The average Bonchev–Trinajstić information content (AvgIpc) is 2.21. The molecular weight excluding hydrogens is 293 g/mol. The van der Waals surface area contributed by atoms with E-state index in [0.717, 1.165) is 5.33 Å². The van der Waals surface area contributed by atoms with E-state index in [1.54, 1.807) is 0 Å². The lowest BCUT2D eigenvalue weighted by molar-refractivity contribution is 0.0898. The van der Waals surface area contributed by atoms with Gasteiger partial charge in [-0.2, -0.15) is 0 Å². The van der Waals surface area contributed by atoms with Crippen LogP contribution < -0.4 is 5.09 Å². The molecule has 0 saturated carbocycles. The molecule has 0 aliphatic carbocycles. The zero-order valence-corrected chi connectivity index (χ0v) is 12.9. The molecule has 1 heterocycles. The zero-order chi connectivity index (χ0) is 12.4. The van der Waals surface area contributed by atoms with Gasteiger partial charge in [0.2, 0.25) is 0 Å². The van der Waals surface area contributed by atoms with Crippen molar-refractivity contribution in [1.82, 2.24) is 5.09 Å². The number of rotatable bonds is 4. The highest BCUT2D eigenvalue weighted by Crippen LogP contribution is 2.49. The van der Waals surface area contributed by atoms with Crippen LogP contribution in [0.25, 0.3) is 0 Å². The van der Waals surface area contributed by atoms with Gasteiger partial charge in [0, 0.05) is 17.3 Å². The molecule has 0 bridgehead atoms. The molecule has 1 N–H and O–H groups in total. The maximum absolute atomic E-state index is 12.1. The van der Waals surface area contributed by atoms with E-state index in [4.69, 9.17) is 9.05 Å². The minimum absolute atomic E-state index is 0.0161. The van der Waals surface area contributed by atoms with Crippen molar-refractivity contribution in [1.29, 1.82) is 0 Å². The van der Waals surface area contributed by atoms with Crippen LogP contribution >= 0.6 is 23.7 Å². The van der Waals surface area contributed by atoms with Gasteiger partial charge in [-0.15, -0.1) is 0 Å². The predicted molar refractivity (Wildman–Crippen MR) is 68.9 cm³/mol. The van der Waals surface area contributed by atoms with Crippen molar-refractivity contribution in [2.75, 3.05) is 25.1 Å². The summed E-state index contributed by atoms with van der Waals surface area (Å²) in [6.07, 6.45) is 0. The highest BCUT2D eigenvalue weighted by Gasteiger charge is 2.37. The van der Waals surface area contributed by atoms with Crippen molar-refractivity contribution in [3.63, 3.8) is 0 Å². The van der Waals surface area contributed by atoms with Crippen LogP contribution in [0.3, 0.4) is 0 Å². The SMILES string of the molecule is CC(C)(CBr)CO[P@@]1(=O)NCC(C)(C)CO1. The first-order valence-electron chi connectivity index (χ1n) is 5.38. The predicted octanol–water partition coefficient (Wildman–Crippen LogP) is 3.18. The second kappa shape index (κ2) is 5.07. The normalized spacial score (nSPS) is 30.3. The Labute approximate surface area is 106 Å². The van der Waals surface area contributed by atoms with Gasteiger partial charge in [0.25, 0.3) is 0 Å². The van der Waals surface area contributed by atoms with Gasteiger partial charge in [-0.25, -0.2) is 9.65 Å². The summed E-state index contributed by atoms with van der Waals surface area (Å²) in [4.78, 5) is 0. The molecule has 16 heavy (non-hydrogen) atoms. The molecule has 1 fully saturated rings. The minimum atomic E-state index is -3.07. The second-order valence-corrected chi connectivity index (χ2v) is 8.23. The number of alkyl halides is 1. The van der Waals surface area contributed by atoms with Crippen LogP contribution in [0.4, 0.5) is 0 Å². The number of nitrogens with one attached hydrogen (secondary N) is 1. The van der Waals surface area contributed by atoms with Crippen LogP contribution in [-0.2, 0) is 13.6 Å². The van der Waals surface area contributed by atoms with Crippen molar-refractivity contribution in [2.24, 2.45) is 10.8 Å². The van der Waals surface area contributed by atoms with Crippen molar-refractivity contribution in [2.45, 2.75) is 27.7 Å². The number of hydrogen-bond donors (Lipinski definition) is 1. The van der Waals surface area contributed by atoms with Crippen LogP contribution in [0.1, 0.15) is 27.7 Å². The molecule has 0 aromatic rings. The van der Waals surface area contributed by atoms with E-state index in [9.17, 15) is 4.57 Å². The molecule has 0 spiro atoms. The molecule has 0 unspecified atom stereocenters. The molecule has 6 heteroatoms. The van der Waals surface area contributed by atoms with Gasteiger partial charge in [-0.3, -0.25) is 9.05 Å². The molecule has 0 aromatic carbocycles. The topological polar surface area (TPSA) is 47.6 Å². The third-order valence-electron chi connectivity index (χ3n) is 2.36. The molecule has 0 radical (unpaired) electrons. The fraction of sp³-hybridized carbons (Fsp3) is 1.00. The van der Waals surface area contributed by atoms with Crippen molar-refractivity contribution >= 4 is 23.7 Å². The van der Waals surface area contributed by atoms with Crippen LogP contribution in [0.15, 0.2) is 0 Å². The number of hydrogen-bond acceptors (Lipinski definition) is 3. The van der Waals surface area contributed by atoms with Gasteiger partial charge >= 0.3 is 7.75 Å². The third-order valence-corrected chi connectivity index (χ3v) is 5.36. The van der Waals surface area contributed by atoms with Crippen LogP contribution in [0, 0.1) is 10.8 Å². The Hall–Kier alpha value is 0.590. The summed E-state index contributed by atoms with van der Waals surface area (Å²) in [7, 11) is -3.07. The molecular formula is C10H21BrNO3P. The average molecular weight is 314 g/mol. The Bertz CT molecular complexity index is 280. The van der Waals surface area contributed by atoms with Crippen molar-refractivity contribution in [3.8, 4) is 0 Å². The van der Waals surface area contributed by atoms with Gasteiger partial charge in [0.1, 0.15) is 0 Å². The summed E-state index contributed by atoms with van der Waals surface area (Å²) >= 11 is 3.40. The lowest BCUT2D eigenvalue weighted by Gasteiger charge is -2.35. The lowest BCUT2D eigenvalue weighted by atomic mass is 9.96. The summed E-state index contributed by atoms with van der Waals surface area (Å²) < 4.78 is 22.9. The van der Waals surface area contributed by atoms with Crippen LogP contribution in [-0.4, -0.2) is 25.1 Å². The van der Waals surface area contributed by atoms with Crippen LogP contribution in [0.2, 0.25) is 0 Å². The van der Waals surface area contributed by atoms with Gasteiger partial charge in [-0.05, 0) is 5.41 Å². The fourth-order valence-corrected chi connectivity index (χ4v) is 3.13. The summed E-state index contributed by atoms with van der Waals surface area (Å²) in [6, 6.07) is 0. The van der Waals surface area contributed by atoms with E-state index in [-0.39, 0.29) is 10.8 Å². The molecule has 1 saturated heterocycles. The molecule has 1 rings (SSSR count). The summed E-state index contributed by atoms with van der Waals surface area (Å²) in [6.45, 7) is 9.73. The van der Waals surface area contributed by atoms with Crippen molar-refractivity contribution in [3.05, 3.63) is 0 Å². The molecule has 1 atom stereocenters. The second-order valence-electron chi connectivity index (χ2n) is 5.84. The monoisotopic (exact) mass is 313 g/mol.